The van der Waals surface area contributed by atoms with E-state index in [1.54, 1.807) is 13.8 Å². The van der Waals surface area contributed by atoms with Gasteiger partial charge in [0.1, 0.15) is 12.2 Å². The highest BCUT2D eigenvalue weighted by atomic mass is 16.5. The maximum absolute atomic E-state index is 11.8. The van der Waals surface area contributed by atoms with Crippen LogP contribution in [0.1, 0.15) is 33.3 Å². The van der Waals surface area contributed by atoms with Crippen molar-refractivity contribution in [1.29, 1.82) is 0 Å². The average molecular weight is 317 g/mol. The number of hydrogen-bond acceptors (Lipinski definition) is 5. The fourth-order valence-electron chi connectivity index (χ4n) is 2.44. The van der Waals surface area contributed by atoms with E-state index in [4.69, 9.17) is 9.15 Å². The van der Waals surface area contributed by atoms with Crippen LogP contribution in [0.25, 0.3) is 11.0 Å². The Kier molecular flexibility index (Phi) is 5.42. The Labute approximate surface area is 135 Å². The van der Waals surface area contributed by atoms with Gasteiger partial charge in [-0.1, -0.05) is 13.8 Å². The van der Waals surface area contributed by atoms with E-state index in [9.17, 15) is 9.59 Å². The van der Waals surface area contributed by atoms with E-state index < -0.39 is 5.63 Å². The van der Waals surface area contributed by atoms with Gasteiger partial charge in [0.25, 0.3) is 0 Å². The molecular weight excluding hydrogens is 294 g/mol. The second kappa shape index (κ2) is 7.31. The van der Waals surface area contributed by atoms with Crippen LogP contribution >= 0.6 is 0 Å². The van der Waals surface area contributed by atoms with E-state index >= 15 is 0 Å². The zero-order valence-electron chi connectivity index (χ0n) is 14.1. The van der Waals surface area contributed by atoms with Gasteiger partial charge in [0.2, 0.25) is 0 Å². The molecule has 0 N–H and O–H groups in total. The highest BCUT2D eigenvalue weighted by Gasteiger charge is 2.12. The molecule has 0 aliphatic carbocycles. The third kappa shape index (κ3) is 3.92. The minimum atomic E-state index is -0.440. The molecule has 5 heteroatoms. The second-order valence-corrected chi connectivity index (χ2v) is 5.71. The monoisotopic (exact) mass is 317 g/mol. The summed E-state index contributed by atoms with van der Waals surface area (Å²) < 4.78 is 10.6. The predicted molar refractivity (Wildman–Crippen MR) is 90.7 cm³/mol. The Bertz CT molecular complexity index is 744. The highest BCUT2D eigenvalue weighted by Crippen LogP contribution is 2.24. The molecule has 0 bridgehead atoms. The molecule has 124 valence electrons. The topological polar surface area (TPSA) is 59.8 Å². The van der Waals surface area contributed by atoms with Gasteiger partial charge in [-0.25, -0.2) is 4.79 Å². The van der Waals surface area contributed by atoms with Crippen LogP contribution in [-0.2, 0) is 16.1 Å². The molecule has 0 aliphatic rings. The molecule has 2 aromatic rings. The van der Waals surface area contributed by atoms with Gasteiger partial charge in [0.15, 0.2) is 0 Å². The fourth-order valence-corrected chi connectivity index (χ4v) is 2.44. The number of rotatable bonds is 6. The van der Waals surface area contributed by atoms with E-state index in [1.165, 1.54) is 6.07 Å². The molecular formula is C18H23NO4. The Balaban J connectivity index is 2.39. The van der Waals surface area contributed by atoms with Crippen molar-refractivity contribution in [3.63, 3.8) is 0 Å². The minimum absolute atomic E-state index is 0.0731. The Hall–Kier alpha value is -2.30. The zero-order chi connectivity index (χ0) is 17.0. The van der Waals surface area contributed by atoms with Crippen molar-refractivity contribution in [2.45, 2.75) is 34.3 Å². The van der Waals surface area contributed by atoms with Crippen LogP contribution in [0.15, 0.2) is 33.5 Å². The lowest BCUT2D eigenvalue weighted by Crippen LogP contribution is -2.21. The molecule has 23 heavy (non-hydrogen) atoms. The van der Waals surface area contributed by atoms with E-state index in [2.05, 4.69) is 18.7 Å². The summed E-state index contributed by atoms with van der Waals surface area (Å²) in [6.45, 7) is 9.52. The van der Waals surface area contributed by atoms with Gasteiger partial charge in [-0.3, -0.25) is 4.79 Å². The van der Waals surface area contributed by atoms with Gasteiger partial charge in [-0.2, -0.15) is 0 Å². The predicted octanol–water partition coefficient (Wildman–Crippen LogP) is 3.34. The van der Waals surface area contributed by atoms with E-state index in [0.29, 0.717) is 11.1 Å². The second-order valence-electron chi connectivity index (χ2n) is 5.71. The van der Waals surface area contributed by atoms with Crippen molar-refractivity contribution in [2.75, 3.05) is 18.0 Å². The number of ether oxygens (including phenoxy) is 1. The first-order chi connectivity index (χ1) is 11.0. The summed E-state index contributed by atoms with van der Waals surface area (Å²) in [7, 11) is 0. The Morgan fingerprint density at radius 3 is 2.52 bits per heavy atom. The number of hydrogen-bond donors (Lipinski definition) is 0. The van der Waals surface area contributed by atoms with Gasteiger partial charge >= 0.3 is 11.6 Å². The molecule has 0 saturated heterocycles. The first-order valence-corrected chi connectivity index (χ1v) is 7.94. The molecule has 0 radical (unpaired) electrons. The standard InChI is InChI=1S/C18H23NO4/c1-5-19(6-2)14-7-8-15-13(11-22-18(21)12(3)4)9-17(20)23-16(15)10-14/h7-10,12H,5-6,11H2,1-4H3. The van der Waals surface area contributed by atoms with E-state index in [1.807, 2.05) is 18.2 Å². The number of carbonyl (C=O) groups excluding carboxylic acids is 1. The van der Waals surface area contributed by atoms with Gasteiger partial charge in [0.05, 0.1) is 5.92 Å². The van der Waals surface area contributed by atoms with Crippen LogP contribution in [0.2, 0.25) is 0 Å². The molecule has 0 fully saturated rings. The third-order valence-corrected chi connectivity index (χ3v) is 3.78. The summed E-state index contributed by atoms with van der Waals surface area (Å²) >= 11 is 0. The van der Waals surface area contributed by atoms with E-state index in [-0.39, 0.29) is 18.5 Å². The van der Waals surface area contributed by atoms with Crippen LogP contribution in [0.3, 0.4) is 0 Å². The summed E-state index contributed by atoms with van der Waals surface area (Å²) in [5, 5.41) is 0.789. The molecule has 5 nitrogen and oxygen atoms in total. The quantitative estimate of drug-likeness (QED) is 0.604. The van der Waals surface area contributed by atoms with Crippen molar-refractivity contribution in [1.82, 2.24) is 0 Å². The lowest BCUT2D eigenvalue weighted by molar-refractivity contribution is -0.148. The van der Waals surface area contributed by atoms with Crippen molar-refractivity contribution >= 4 is 22.6 Å². The van der Waals surface area contributed by atoms with Crippen molar-refractivity contribution < 1.29 is 13.9 Å². The zero-order valence-corrected chi connectivity index (χ0v) is 14.1. The molecule has 1 aromatic heterocycles. The van der Waals surface area contributed by atoms with Crippen LogP contribution < -0.4 is 10.5 Å². The number of fused-ring (bicyclic) bond motifs is 1. The molecule has 0 unspecified atom stereocenters. The van der Waals surface area contributed by atoms with Gasteiger partial charge in [-0.15, -0.1) is 0 Å². The number of esters is 1. The number of nitrogens with zero attached hydrogens (tertiary/aromatic N) is 1. The molecule has 1 heterocycles. The lowest BCUT2D eigenvalue weighted by Gasteiger charge is -2.21. The number of carbonyl (C=O) groups is 1. The Morgan fingerprint density at radius 1 is 1.22 bits per heavy atom. The fraction of sp³-hybridized carbons (Fsp3) is 0.444. The molecule has 0 saturated carbocycles. The van der Waals surface area contributed by atoms with Crippen molar-refractivity contribution in [3.05, 3.63) is 40.2 Å². The molecule has 2 rings (SSSR count). The van der Waals surface area contributed by atoms with Gasteiger partial charge < -0.3 is 14.1 Å². The summed E-state index contributed by atoms with van der Waals surface area (Å²) in [5.41, 5.74) is 1.74. The van der Waals surface area contributed by atoms with Crippen molar-refractivity contribution in [2.24, 2.45) is 5.92 Å². The third-order valence-electron chi connectivity index (χ3n) is 3.78. The van der Waals surface area contributed by atoms with Crippen LogP contribution in [0.5, 0.6) is 0 Å². The Morgan fingerprint density at radius 2 is 1.91 bits per heavy atom. The van der Waals surface area contributed by atoms with Gasteiger partial charge in [0, 0.05) is 41.9 Å². The number of benzene rings is 1. The minimum Gasteiger partial charge on any atom is -0.461 e. The molecule has 0 amide bonds. The van der Waals surface area contributed by atoms with E-state index in [0.717, 1.165) is 24.2 Å². The SMILES string of the molecule is CCN(CC)c1ccc2c(COC(=O)C(C)C)cc(=O)oc2c1. The maximum Gasteiger partial charge on any atom is 0.336 e. The normalized spacial score (nSPS) is 11.0. The highest BCUT2D eigenvalue weighted by molar-refractivity contribution is 5.84. The van der Waals surface area contributed by atoms with Crippen LogP contribution in [-0.4, -0.2) is 19.1 Å². The molecule has 0 atom stereocenters. The first-order valence-electron chi connectivity index (χ1n) is 7.94. The summed E-state index contributed by atoms with van der Waals surface area (Å²) in [5.74, 6) is -0.484. The number of anilines is 1. The molecule has 1 aromatic carbocycles. The molecule has 0 spiro atoms. The largest absolute Gasteiger partial charge is 0.461 e. The maximum atomic E-state index is 11.8. The van der Waals surface area contributed by atoms with Crippen molar-refractivity contribution in [3.8, 4) is 0 Å². The van der Waals surface area contributed by atoms with Gasteiger partial charge in [-0.05, 0) is 26.0 Å². The summed E-state index contributed by atoms with van der Waals surface area (Å²) in [6.07, 6.45) is 0. The average Bonchev–Trinajstić information content (AvgIpc) is 2.52. The smallest absolute Gasteiger partial charge is 0.336 e. The first kappa shape index (κ1) is 17.1. The summed E-state index contributed by atoms with van der Waals surface area (Å²) in [6, 6.07) is 7.14. The van der Waals surface area contributed by atoms with Crippen LogP contribution in [0, 0.1) is 5.92 Å². The summed E-state index contributed by atoms with van der Waals surface area (Å²) in [4.78, 5) is 25.6. The lowest BCUT2D eigenvalue weighted by atomic mass is 10.1. The van der Waals surface area contributed by atoms with Crippen LogP contribution in [0.4, 0.5) is 5.69 Å². The molecule has 0 aliphatic heterocycles.